The Morgan fingerprint density at radius 3 is 2.47 bits per heavy atom. The van der Waals surface area contributed by atoms with Crippen LogP contribution in [0.3, 0.4) is 0 Å². The van der Waals surface area contributed by atoms with Crippen molar-refractivity contribution < 1.29 is 28.5 Å². The molecular weight excluding hydrogens is 829 g/mol. The molecule has 62 heavy (non-hydrogen) atoms. The van der Waals surface area contributed by atoms with E-state index in [0.29, 0.717) is 61.9 Å². The molecule has 12 nitrogen and oxygen atoms in total. The molecule has 4 aromatic carbocycles. The number of para-hydroxylation sites is 2. The number of nitrogens with zero attached hydrogens (tertiary/aromatic N) is 6. The van der Waals surface area contributed by atoms with Gasteiger partial charge in [0.15, 0.2) is 5.82 Å². The number of aliphatic carboxylic acids is 1. The number of likely N-dealkylation sites (N-methyl/N-ethyl adjacent to an activating group) is 1. The number of thiophene rings is 1. The van der Waals surface area contributed by atoms with Gasteiger partial charge in [-0.3, -0.25) is 4.90 Å². The highest BCUT2D eigenvalue weighted by atomic mass is 35.5. The van der Waals surface area contributed by atoms with Crippen molar-refractivity contribution in [2.75, 3.05) is 58.8 Å². The molecule has 0 aliphatic carbocycles. The van der Waals surface area contributed by atoms with Gasteiger partial charge < -0.3 is 29.5 Å². The minimum atomic E-state index is -1.11. The van der Waals surface area contributed by atoms with E-state index in [4.69, 9.17) is 30.8 Å². The maximum absolute atomic E-state index is 14.2. The van der Waals surface area contributed by atoms with Crippen LogP contribution >= 0.6 is 22.9 Å². The second kappa shape index (κ2) is 19.2. The highest BCUT2D eigenvalue weighted by Crippen LogP contribution is 2.49. The first-order chi connectivity index (χ1) is 30.2. The molecule has 0 radical (unpaired) electrons. The van der Waals surface area contributed by atoms with Crippen molar-refractivity contribution in [3.05, 3.63) is 131 Å². The Morgan fingerprint density at radius 1 is 0.935 bits per heavy atom. The van der Waals surface area contributed by atoms with Crippen LogP contribution in [0.1, 0.15) is 16.8 Å². The summed E-state index contributed by atoms with van der Waals surface area (Å²) in [7, 11) is 3.73. The Labute approximate surface area is 367 Å². The van der Waals surface area contributed by atoms with Gasteiger partial charge in [-0.2, -0.15) is 5.10 Å². The fraction of sp³-hybridized carbons (Fsp3) is 0.255. The minimum Gasteiger partial charge on any atom is -0.496 e. The van der Waals surface area contributed by atoms with Crippen LogP contribution in [-0.2, 0) is 17.8 Å². The molecule has 2 N–H and O–H groups in total. The number of piperazine rings is 1. The van der Waals surface area contributed by atoms with Crippen LogP contribution in [0.5, 0.6) is 17.2 Å². The van der Waals surface area contributed by atoms with Crippen LogP contribution in [0.4, 0.5) is 10.1 Å². The third kappa shape index (κ3) is 9.48. The zero-order valence-electron chi connectivity index (χ0n) is 34.5. The molecule has 1 aliphatic rings. The lowest BCUT2D eigenvalue weighted by Gasteiger charge is -2.32. The maximum Gasteiger partial charge on any atom is 0.326 e. The highest BCUT2D eigenvalue weighted by molar-refractivity contribution is 7.22. The number of carboxylic acids is 1. The van der Waals surface area contributed by atoms with Gasteiger partial charge in [-0.15, -0.1) is 16.4 Å². The number of hydrogen-bond donors (Lipinski definition) is 2. The maximum atomic E-state index is 14.2. The van der Waals surface area contributed by atoms with E-state index in [1.807, 2.05) is 61.5 Å². The van der Waals surface area contributed by atoms with Crippen molar-refractivity contribution in [2.45, 2.75) is 26.0 Å². The number of methoxy groups -OCH3 is 1. The van der Waals surface area contributed by atoms with Crippen molar-refractivity contribution in [2.24, 2.45) is 0 Å². The molecule has 3 aromatic heterocycles. The summed E-state index contributed by atoms with van der Waals surface area (Å²) >= 11 is 8.46. The van der Waals surface area contributed by atoms with Gasteiger partial charge in [0.1, 0.15) is 47.2 Å². The number of rotatable bonds is 16. The standard InChI is InChI=1S/C47H45ClFN7O5S/c1-29-34(16-17-40(43(29)48)60-25-24-56-22-20-55(2)21-23-56)41-42-37(27-51-54-46(42)62-44(41)30-12-14-32(49)15-13-30)53-36(47(57)58)26-31-8-4-6-10-38(31)61-28-33-18-19-50-45(52-33)35-9-5-7-11-39(35)59-3/h4-19,27,36H,20-26,28H2,1-3H3,(H,53,54)(H,57,58)/t36-/m0/s1. The summed E-state index contributed by atoms with van der Waals surface area (Å²) in [6, 6.07) is 25.6. The van der Waals surface area contributed by atoms with Crippen LogP contribution in [0.2, 0.25) is 5.02 Å². The average molecular weight is 874 g/mol. The number of hydrogen-bond acceptors (Lipinski definition) is 12. The Morgan fingerprint density at radius 2 is 1.69 bits per heavy atom. The Bertz CT molecular complexity index is 2690. The molecule has 1 fully saturated rings. The van der Waals surface area contributed by atoms with E-state index in [1.54, 1.807) is 37.6 Å². The molecule has 4 heterocycles. The Kier molecular flexibility index (Phi) is 13.2. The van der Waals surface area contributed by atoms with Gasteiger partial charge >= 0.3 is 5.97 Å². The van der Waals surface area contributed by atoms with E-state index in [2.05, 4.69) is 37.3 Å². The molecule has 7 aromatic rings. The van der Waals surface area contributed by atoms with Crippen molar-refractivity contribution in [3.63, 3.8) is 0 Å². The summed E-state index contributed by atoms with van der Waals surface area (Å²) in [5.74, 6) is 0.806. The predicted molar refractivity (Wildman–Crippen MR) is 241 cm³/mol. The lowest BCUT2D eigenvalue weighted by Crippen LogP contribution is -2.45. The Hall–Kier alpha value is -6.19. The van der Waals surface area contributed by atoms with Crippen LogP contribution in [0.25, 0.3) is 43.2 Å². The number of aromatic nitrogens is 4. The van der Waals surface area contributed by atoms with Crippen molar-refractivity contribution >= 4 is 44.8 Å². The number of ether oxygens (including phenoxy) is 3. The first kappa shape index (κ1) is 42.5. The van der Waals surface area contributed by atoms with E-state index in [1.165, 1.54) is 29.7 Å². The number of halogens is 2. The van der Waals surface area contributed by atoms with Gasteiger partial charge in [-0.25, -0.2) is 19.2 Å². The fourth-order valence-corrected chi connectivity index (χ4v) is 8.90. The quantitative estimate of drug-likeness (QED) is 0.0961. The van der Waals surface area contributed by atoms with Crippen LogP contribution < -0.4 is 19.5 Å². The number of nitrogens with one attached hydrogen (secondary N) is 1. The first-order valence-electron chi connectivity index (χ1n) is 20.2. The normalized spacial score (nSPS) is 13.8. The molecule has 15 heteroatoms. The number of benzene rings is 4. The molecule has 1 atom stereocenters. The molecule has 318 valence electrons. The third-order valence-electron chi connectivity index (χ3n) is 10.9. The van der Waals surface area contributed by atoms with Crippen LogP contribution in [0, 0.1) is 12.7 Å². The zero-order chi connectivity index (χ0) is 43.2. The fourth-order valence-electron chi connectivity index (χ4n) is 7.52. The number of fused-ring (bicyclic) bond motifs is 1. The smallest absolute Gasteiger partial charge is 0.326 e. The molecule has 0 spiro atoms. The molecule has 1 aliphatic heterocycles. The van der Waals surface area contributed by atoms with Gasteiger partial charge in [0.2, 0.25) is 0 Å². The molecule has 0 saturated carbocycles. The summed E-state index contributed by atoms with van der Waals surface area (Å²) in [6.07, 6.45) is 3.27. The van der Waals surface area contributed by atoms with Crippen molar-refractivity contribution in [1.82, 2.24) is 30.0 Å². The average Bonchev–Trinajstić information content (AvgIpc) is 3.68. The predicted octanol–water partition coefficient (Wildman–Crippen LogP) is 8.90. The molecule has 0 amide bonds. The number of carboxylic acid groups (broad SMARTS) is 1. The number of anilines is 1. The highest BCUT2D eigenvalue weighted by Gasteiger charge is 2.27. The molecular formula is C47H45ClFN7O5S. The van der Waals surface area contributed by atoms with E-state index in [-0.39, 0.29) is 18.8 Å². The van der Waals surface area contributed by atoms with Crippen molar-refractivity contribution in [1.29, 1.82) is 0 Å². The van der Waals surface area contributed by atoms with Gasteiger partial charge in [-0.1, -0.05) is 60.1 Å². The lowest BCUT2D eigenvalue weighted by molar-refractivity contribution is -0.137. The van der Waals surface area contributed by atoms with E-state index >= 15 is 0 Å². The number of carbonyl (C=O) groups is 1. The van der Waals surface area contributed by atoms with Gasteiger partial charge in [0.25, 0.3) is 0 Å². The van der Waals surface area contributed by atoms with E-state index in [9.17, 15) is 14.3 Å². The van der Waals surface area contributed by atoms with Gasteiger partial charge in [-0.05, 0) is 78.7 Å². The monoisotopic (exact) mass is 873 g/mol. The second-order valence-electron chi connectivity index (χ2n) is 15.0. The summed E-state index contributed by atoms with van der Waals surface area (Å²) in [4.78, 5) is 28.3. The van der Waals surface area contributed by atoms with Crippen LogP contribution in [0.15, 0.2) is 103 Å². The summed E-state index contributed by atoms with van der Waals surface area (Å²) in [5, 5.41) is 23.9. The summed E-state index contributed by atoms with van der Waals surface area (Å²) in [6.45, 7) is 7.35. The SMILES string of the molecule is COc1ccccc1-c1nccc(COc2ccccc2C[C@H](Nc2cnnc3sc(-c4ccc(F)cc4)c(-c4ccc(OCCN5CCN(C)CC5)c(Cl)c4C)c23)C(=O)O)n1. The molecule has 8 rings (SSSR count). The molecule has 1 saturated heterocycles. The minimum absolute atomic E-state index is 0.0703. The zero-order valence-corrected chi connectivity index (χ0v) is 36.0. The lowest BCUT2D eigenvalue weighted by atomic mass is 9.95. The summed E-state index contributed by atoms with van der Waals surface area (Å²) < 4.78 is 32.2. The molecule has 0 bridgehead atoms. The third-order valence-corrected chi connectivity index (χ3v) is 12.5. The first-order valence-corrected chi connectivity index (χ1v) is 21.4. The summed E-state index contributed by atoms with van der Waals surface area (Å²) in [5.41, 5.74) is 5.63. The Balaban J connectivity index is 1.08. The largest absolute Gasteiger partial charge is 0.496 e. The van der Waals surface area contributed by atoms with Crippen molar-refractivity contribution in [3.8, 4) is 50.2 Å². The van der Waals surface area contributed by atoms with E-state index in [0.717, 1.165) is 65.4 Å². The van der Waals surface area contributed by atoms with E-state index < -0.39 is 12.0 Å². The van der Waals surface area contributed by atoms with Gasteiger partial charge in [0.05, 0.1) is 35.3 Å². The van der Waals surface area contributed by atoms with Crippen LogP contribution in [-0.4, -0.2) is 101 Å². The topological polar surface area (TPSA) is 135 Å². The molecule has 0 unspecified atom stereocenters. The van der Waals surface area contributed by atoms with Gasteiger partial charge in [0, 0.05) is 61.2 Å². The second-order valence-corrected chi connectivity index (χ2v) is 16.4.